The normalized spacial score (nSPS) is 16.4. The largest absolute Gasteiger partial charge is 0.368 e. The van der Waals surface area contributed by atoms with Gasteiger partial charge in [0.05, 0.1) is 12.1 Å². The number of hydrogen-bond acceptors (Lipinski definition) is 7. The maximum atomic E-state index is 5.94. The minimum Gasteiger partial charge on any atom is -0.368 e. The Bertz CT molecular complexity index is 930. The van der Waals surface area contributed by atoms with E-state index in [1.807, 2.05) is 19.0 Å². The van der Waals surface area contributed by atoms with E-state index in [-0.39, 0.29) is 18.0 Å². The topological polar surface area (TPSA) is 74.4 Å². The third-order valence-corrected chi connectivity index (χ3v) is 5.92. The van der Waals surface area contributed by atoms with Gasteiger partial charge < -0.3 is 10.6 Å². The summed E-state index contributed by atoms with van der Waals surface area (Å²) < 4.78 is 0. The fourth-order valence-corrected chi connectivity index (χ4v) is 4.22. The molecule has 162 valence electrons. The molecule has 1 fully saturated rings. The summed E-state index contributed by atoms with van der Waals surface area (Å²) in [6.07, 6.45) is 0. The standard InChI is InChI=1S/C24H31N7/c1-18(22-26-23(25)28-24(27-22)29(2)3)30-14-16-31(17-15-30)21(19-10-6-4-7-11-19)20-12-8-5-9-13-20/h4-13,18,21H,14-17H2,1-3H3,(H2,25,26,27,28)/t18-/m1/s1. The number of benzene rings is 2. The third-order valence-electron chi connectivity index (χ3n) is 5.92. The Labute approximate surface area is 184 Å². The Morgan fingerprint density at radius 2 is 1.29 bits per heavy atom. The van der Waals surface area contributed by atoms with Gasteiger partial charge in [-0.25, -0.2) is 0 Å². The predicted octanol–water partition coefficient (Wildman–Crippen LogP) is 2.99. The van der Waals surface area contributed by atoms with Gasteiger partial charge in [0.2, 0.25) is 11.9 Å². The molecule has 4 rings (SSSR count). The van der Waals surface area contributed by atoms with E-state index in [9.17, 15) is 0 Å². The summed E-state index contributed by atoms with van der Waals surface area (Å²) in [6.45, 7) is 5.98. The molecule has 1 aromatic heterocycles. The molecule has 0 aliphatic carbocycles. The molecule has 0 spiro atoms. The van der Waals surface area contributed by atoms with E-state index in [0.29, 0.717) is 5.95 Å². The van der Waals surface area contributed by atoms with Crippen molar-refractivity contribution in [1.82, 2.24) is 24.8 Å². The molecule has 1 saturated heterocycles. The molecule has 3 aromatic rings. The lowest BCUT2D eigenvalue weighted by molar-refractivity contribution is 0.0812. The second-order valence-electron chi connectivity index (χ2n) is 8.22. The van der Waals surface area contributed by atoms with Gasteiger partial charge in [0.1, 0.15) is 0 Å². The van der Waals surface area contributed by atoms with Gasteiger partial charge in [-0.05, 0) is 18.1 Å². The van der Waals surface area contributed by atoms with Gasteiger partial charge in [0.15, 0.2) is 5.82 Å². The molecule has 1 aliphatic heterocycles. The molecule has 2 aromatic carbocycles. The Morgan fingerprint density at radius 3 is 1.81 bits per heavy atom. The molecule has 1 atom stereocenters. The number of anilines is 2. The van der Waals surface area contributed by atoms with Gasteiger partial charge in [0.25, 0.3) is 0 Å². The highest BCUT2D eigenvalue weighted by Crippen LogP contribution is 2.30. The number of rotatable bonds is 6. The number of nitrogens with two attached hydrogens (primary N) is 1. The lowest BCUT2D eigenvalue weighted by Crippen LogP contribution is -2.48. The van der Waals surface area contributed by atoms with Crippen molar-refractivity contribution in [2.24, 2.45) is 0 Å². The monoisotopic (exact) mass is 417 g/mol. The summed E-state index contributed by atoms with van der Waals surface area (Å²) >= 11 is 0. The molecule has 2 heterocycles. The lowest BCUT2D eigenvalue weighted by Gasteiger charge is -2.41. The Balaban J connectivity index is 1.50. The van der Waals surface area contributed by atoms with Crippen LogP contribution in [0.1, 0.15) is 36.0 Å². The van der Waals surface area contributed by atoms with Crippen LogP contribution in [-0.2, 0) is 0 Å². The third kappa shape index (κ3) is 4.84. The number of aromatic nitrogens is 3. The summed E-state index contributed by atoms with van der Waals surface area (Å²) in [5.74, 6) is 1.60. The molecule has 31 heavy (non-hydrogen) atoms. The van der Waals surface area contributed by atoms with Crippen molar-refractivity contribution >= 4 is 11.9 Å². The number of nitrogen functional groups attached to an aromatic ring is 1. The minimum atomic E-state index is 0.0815. The van der Waals surface area contributed by atoms with Crippen LogP contribution in [0.4, 0.5) is 11.9 Å². The molecule has 2 N–H and O–H groups in total. The van der Waals surface area contributed by atoms with Gasteiger partial charge in [0, 0.05) is 40.3 Å². The van der Waals surface area contributed by atoms with Gasteiger partial charge in [-0.15, -0.1) is 0 Å². The molecular weight excluding hydrogens is 386 g/mol. The fourth-order valence-electron chi connectivity index (χ4n) is 4.22. The zero-order chi connectivity index (χ0) is 21.8. The molecular formula is C24H31N7. The number of piperazine rings is 1. The van der Waals surface area contributed by atoms with Crippen LogP contribution < -0.4 is 10.6 Å². The van der Waals surface area contributed by atoms with Crippen molar-refractivity contribution in [3.05, 3.63) is 77.6 Å². The number of hydrogen-bond donors (Lipinski definition) is 1. The van der Waals surface area contributed by atoms with Crippen LogP contribution in [-0.4, -0.2) is 65.0 Å². The maximum Gasteiger partial charge on any atom is 0.229 e. The van der Waals surface area contributed by atoms with Crippen LogP contribution in [0.2, 0.25) is 0 Å². The highest BCUT2D eigenvalue weighted by molar-refractivity contribution is 5.34. The zero-order valence-electron chi connectivity index (χ0n) is 18.5. The first-order valence-corrected chi connectivity index (χ1v) is 10.8. The summed E-state index contributed by atoms with van der Waals surface area (Å²) in [5, 5.41) is 0. The maximum absolute atomic E-state index is 5.94. The van der Waals surface area contributed by atoms with E-state index in [0.717, 1.165) is 32.0 Å². The van der Waals surface area contributed by atoms with Crippen LogP contribution in [0.5, 0.6) is 0 Å². The number of nitrogens with zero attached hydrogens (tertiary/aromatic N) is 6. The van der Waals surface area contributed by atoms with Crippen molar-refractivity contribution in [3.8, 4) is 0 Å². The van der Waals surface area contributed by atoms with Gasteiger partial charge >= 0.3 is 0 Å². The van der Waals surface area contributed by atoms with Crippen molar-refractivity contribution < 1.29 is 0 Å². The Kier molecular flexibility index (Phi) is 6.44. The summed E-state index contributed by atoms with van der Waals surface area (Å²) in [7, 11) is 3.82. The van der Waals surface area contributed by atoms with Crippen molar-refractivity contribution in [2.75, 3.05) is 50.9 Å². The first-order chi connectivity index (χ1) is 15.0. The van der Waals surface area contributed by atoms with Crippen LogP contribution in [0.3, 0.4) is 0 Å². The first kappa shape index (κ1) is 21.2. The minimum absolute atomic E-state index is 0.0815. The molecule has 0 saturated carbocycles. The highest BCUT2D eigenvalue weighted by Gasteiger charge is 2.29. The van der Waals surface area contributed by atoms with Crippen LogP contribution in [0, 0.1) is 0 Å². The van der Waals surface area contributed by atoms with E-state index >= 15 is 0 Å². The van der Waals surface area contributed by atoms with Crippen LogP contribution in [0.15, 0.2) is 60.7 Å². The van der Waals surface area contributed by atoms with E-state index in [4.69, 9.17) is 5.73 Å². The molecule has 0 bridgehead atoms. The van der Waals surface area contributed by atoms with Gasteiger partial charge in [-0.3, -0.25) is 9.80 Å². The molecule has 0 amide bonds. The SMILES string of the molecule is C[C@H](c1nc(N)nc(N(C)C)n1)N1CCN(C(c2ccccc2)c2ccccc2)CC1. The zero-order valence-corrected chi connectivity index (χ0v) is 18.5. The lowest BCUT2D eigenvalue weighted by atomic mass is 9.96. The molecule has 7 nitrogen and oxygen atoms in total. The van der Waals surface area contributed by atoms with E-state index in [1.165, 1.54) is 11.1 Å². The molecule has 0 unspecified atom stereocenters. The second-order valence-corrected chi connectivity index (χ2v) is 8.22. The molecule has 7 heteroatoms. The van der Waals surface area contributed by atoms with Crippen molar-refractivity contribution in [2.45, 2.75) is 19.0 Å². The molecule has 0 radical (unpaired) electrons. The van der Waals surface area contributed by atoms with Crippen LogP contribution in [0.25, 0.3) is 0 Å². The van der Waals surface area contributed by atoms with E-state index in [2.05, 4.69) is 92.3 Å². The average molecular weight is 418 g/mol. The summed E-state index contributed by atoms with van der Waals surface area (Å²) in [6, 6.07) is 21.9. The van der Waals surface area contributed by atoms with E-state index in [1.54, 1.807) is 0 Å². The van der Waals surface area contributed by atoms with E-state index < -0.39 is 0 Å². The molecule has 1 aliphatic rings. The second kappa shape index (κ2) is 9.41. The van der Waals surface area contributed by atoms with Gasteiger partial charge in [-0.2, -0.15) is 15.0 Å². The highest BCUT2D eigenvalue weighted by atomic mass is 15.3. The summed E-state index contributed by atoms with van der Waals surface area (Å²) in [4.78, 5) is 20.1. The summed E-state index contributed by atoms with van der Waals surface area (Å²) in [5.41, 5.74) is 8.60. The fraction of sp³-hybridized carbons (Fsp3) is 0.375. The quantitative estimate of drug-likeness (QED) is 0.661. The predicted molar refractivity (Wildman–Crippen MR) is 125 cm³/mol. The first-order valence-electron chi connectivity index (χ1n) is 10.8. The van der Waals surface area contributed by atoms with Crippen molar-refractivity contribution in [3.63, 3.8) is 0 Å². The average Bonchev–Trinajstić information content (AvgIpc) is 2.80. The Morgan fingerprint density at radius 1 is 0.774 bits per heavy atom. The smallest absolute Gasteiger partial charge is 0.229 e. The van der Waals surface area contributed by atoms with Crippen LogP contribution >= 0.6 is 0 Å². The Hall–Kier alpha value is -3.03. The van der Waals surface area contributed by atoms with Gasteiger partial charge in [-0.1, -0.05) is 60.7 Å². The van der Waals surface area contributed by atoms with Crippen molar-refractivity contribution in [1.29, 1.82) is 0 Å².